The van der Waals surface area contributed by atoms with Crippen molar-refractivity contribution in [1.29, 1.82) is 0 Å². The average Bonchev–Trinajstić information content (AvgIpc) is 3.21. The number of amides is 1. The standard InChI is InChI=1S/C21H24N2O3S/c1-12-18-16(8-9-17-19(18)23-13(2)27-17)26-20(12)21(24)22-11-10-14-6-4-5-7-15(14)25-3/h4-7,17,19H,8-11H2,1-3H3,(H,22,24). The lowest BCUT2D eigenvalue weighted by Crippen LogP contribution is -2.26. The summed E-state index contributed by atoms with van der Waals surface area (Å²) >= 11 is 1.85. The minimum Gasteiger partial charge on any atom is -0.496 e. The third-order valence-electron chi connectivity index (χ3n) is 5.30. The van der Waals surface area contributed by atoms with Crippen LogP contribution in [-0.4, -0.2) is 29.9 Å². The van der Waals surface area contributed by atoms with Gasteiger partial charge >= 0.3 is 0 Å². The second-order valence-electron chi connectivity index (χ2n) is 7.00. The molecule has 0 fully saturated rings. The molecule has 1 aliphatic heterocycles. The van der Waals surface area contributed by atoms with E-state index in [0.29, 0.717) is 24.0 Å². The van der Waals surface area contributed by atoms with E-state index in [4.69, 9.17) is 14.1 Å². The van der Waals surface area contributed by atoms with Crippen LogP contribution >= 0.6 is 11.8 Å². The van der Waals surface area contributed by atoms with Gasteiger partial charge < -0.3 is 14.5 Å². The Bertz CT molecular complexity index is 903. The van der Waals surface area contributed by atoms with Gasteiger partial charge in [-0.05, 0) is 38.3 Å². The van der Waals surface area contributed by atoms with Gasteiger partial charge in [-0.2, -0.15) is 0 Å². The Balaban J connectivity index is 1.46. The summed E-state index contributed by atoms with van der Waals surface area (Å²) < 4.78 is 11.3. The molecule has 0 saturated heterocycles. The van der Waals surface area contributed by atoms with Gasteiger partial charge in [0.1, 0.15) is 11.5 Å². The summed E-state index contributed by atoms with van der Waals surface area (Å²) in [4.78, 5) is 17.5. The molecule has 1 amide bonds. The van der Waals surface area contributed by atoms with Crippen LogP contribution in [-0.2, 0) is 12.8 Å². The van der Waals surface area contributed by atoms with Gasteiger partial charge in [0.2, 0.25) is 0 Å². The third kappa shape index (κ3) is 3.38. The van der Waals surface area contributed by atoms with Crippen molar-refractivity contribution >= 4 is 22.7 Å². The summed E-state index contributed by atoms with van der Waals surface area (Å²) in [6.07, 6.45) is 2.63. The van der Waals surface area contributed by atoms with Gasteiger partial charge in [0.25, 0.3) is 5.91 Å². The van der Waals surface area contributed by atoms with E-state index < -0.39 is 0 Å². The predicted octanol–water partition coefficient (Wildman–Crippen LogP) is 4.09. The second kappa shape index (κ2) is 7.43. The van der Waals surface area contributed by atoms with Crippen LogP contribution in [0.25, 0.3) is 0 Å². The number of hydrogen-bond acceptors (Lipinski definition) is 5. The molecule has 0 radical (unpaired) electrons. The van der Waals surface area contributed by atoms with E-state index in [1.54, 1.807) is 7.11 Å². The molecule has 1 N–H and O–H groups in total. The number of aryl methyl sites for hydroxylation is 1. The number of carbonyl (C=O) groups excluding carboxylic acids is 1. The highest BCUT2D eigenvalue weighted by Crippen LogP contribution is 2.47. The van der Waals surface area contributed by atoms with Gasteiger partial charge in [-0.1, -0.05) is 18.2 Å². The normalized spacial score (nSPS) is 20.6. The number of nitrogens with one attached hydrogen (secondary N) is 1. The van der Waals surface area contributed by atoms with Crippen molar-refractivity contribution < 1.29 is 13.9 Å². The van der Waals surface area contributed by atoms with E-state index in [-0.39, 0.29) is 11.9 Å². The average molecular weight is 385 g/mol. The Kier molecular flexibility index (Phi) is 5.00. The molecule has 27 heavy (non-hydrogen) atoms. The predicted molar refractivity (Wildman–Crippen MR) is 108 cm³/mol. The molecular formula is C21H24N2O3S. The number of furan rings is 1. The van der Waals surface area contributed by atoms with Crippen molar-refractivity contribution in [2.24, 2.45) is 4.99 Å². The molecule has 1 aromatic carbocycles. The van der Waals surface area contributed by atoms with Crippen LogP contribution in [0, 0.1) is 6.92 Å². The van der Waals surface area contributed by atoms with E-state index in [1.807, 2.05) is 43.0 Å². The number of nitrogens with zero attached hydrogens (tertiary/aromatic N) is 1. The van der Waals surface area contributed by atoms with Crippen LogP contribution in [0.5, 0.6) is 5.75 Å². The summed E-state index contributed by atoms with van der Waals surface area (Å²) in [6.45, 7) is 4.57. The lowest BCUT2D eigenvalue weighted by molar-refractivity contribution is 0.0923. The number of benzene rings is 1. The monoisotopic (exact) mass is 384 g/mol. The molecule has 4 rings (SSSR count). The number of fused-ring (bicyclic) bond motifs is 3. The Morgan fingerprint density at radius 1 is 1.37 bits per heavy atom. The summed E-state index contributed by atoms with van der Waals surface area (Å²) in [5.74, 6) is 2.06. The summed E-state index contributed by atoms with van der Waals surface area (Å²) in [5, 5.41) is 4.60. The molecule has 1 aromatic heterocycles. The highest BCUT2D eigenvalue weighted by molar-refractivity contribution is 8.14. The van der Waals surface area contributed by atoms with Crippen molar-refractivity contribution in [2.75, 3.05) is 13.7 Å². The van der Waals surface area contributed by atoms with Crippen LogP contribution in [0.1, 0.15) is 52.4 Å². The molecular weight excluding hydrogens is 360 g/mol. The first-order chi connectivity index (χ1) is 13.1. The molecule has 2 unspecified atom stereocenters. The zero-order valence-corrected chi connectivity index (χ0v) is 16.7. The van der Waals surface area contributed by atoms with Gasteiger partial charge in [0.05, 0.1) is 18.2 Å². The number of rotatable bonds is 5. The number of aliphatic imine (C=N–C) groups is 1. The first-order valence-corrected chi connectivity index (χ1v) is 10.2. The SMILES string of the molecule is COc1ccccc1CCNC(=O)c1oc2c(c1C)C1N=C(C)SC1CC2. The minimum atomic E-state index is -0.153. The Labute approximate surface area is 163 Å². The maximum absolute atomic E-state index is 12.7. The molecule has 1 aliphatic carbocycles. The van der Waals surface area contributed by atoms with Crippen LogP contribution in [0.2, 0.25) is 0 Å². The molecule has 0 bridgehead atoms. The number of methoxy groups -OCH3 is 1. The first kappa shape index (κ1) is 18.2. The Morgan fingerprint density at radius 2 is 2.19 bits per heavy atom. The number of hydrogen-bond donors (Lipinski definition) is 1. The number of carbonyl (C=O) groups is 1. The zero-order valence-electron chi connectivity index (χ0n) is 15.9. The van der Waals surface area contributed by atoms with Gasteiger partial charge in [0.15, 0.2) is 5.76 Å². The van der Waals surface area contributed by atoms with Crippen molar-refractivity contribution in [3.63, 3.8) is 0 Å². The molecule has 2 aromatic rings. The van der Waals surface area contributed by atoms with E-state index >= 15 is 0 Å². The van der Waals surface area contributed by atoms with Gasteiger partial charge in [-0.3, -0.25) is 9.79 Å². The molecule has 5 nitrogen and oxygen atoms in total. The second-order valence-corrected chi connectivity index (χ2v) is 8.43. The van der Waals surface area contributed by atoms with E-state index in [2.05, 4.69) is 12.2 Å². The minimum absolute atomic E-state index is 0.137. The molecule has 6 heteroatoms. The molecule has 0 saturated carbocycles. The van der Waals surface area contributed by atoms with Crippen molar-refractivity contribution in [3.8, 4) is 5.75 Å². The Morgan fingerprint density at radius 3 is 3.00 bits per heavy atom. The topological polar surface area (TPSA) is 63.8 Å². The highest BCUT2D eigenvalue weighted by atomic mass is 32.2. The molecule has 0 spiro atoms. The highest BCUT2D eigenvalue weighted by Gasteiger charge is 2.39. The summed E-state index contributed by atoms with van der Waals surface area (Å²) in [5.41, 5.74) is 3.14. The molecule has 142 valence electrons. The fourth-order valence-corrected chi connectivity index (χ4v) is 5.18. The first-order valence-electron chi connectivity index (χ1n) is 9.31. The largest absolute Gasteiger partial charge is 0.496 e. The quantitative estimate of drug-likeness (QED) is 0.843. The van der Waals surface area contributed by atoms with Crippen LogP contribution < -0.4 is 10.1 Å². The van der Waals surface area contributed by atoms with Crippen molar-refractivity contribution in [1.82, 2.24) is 5.32 Å². The van der Waals surface area contributed by atoms with Crippen molar-refractivity contribution in [2.45, 2.75) is 44.4 Å². The number of ether oxygens (including phenoxy) is 1. The van der Waals surface area contributed by atoms with Gasteiger partial charge in [-0.25, -0.2) is 0 Å². The molecule has 2 heterocycles. The van der Waals surface area contributed by atoms with E-state index in [9.17, 15) is 4.79 Å². The van der Waals surface area contributed by atoms with Crippen LogP contribution in [0.3, 0.4) is 0 Å². The van der Waals surface area contributed by atoms with Crippen LogP contribution in [0.15, 0.2) is 33.7 Å². The smallest absolute Gasteiger partial charge is 0.287 e. The van der Waals surface area contributed by atoms with Gasteiger partial charge in [0, 0.05) is 29.3 Å². The lowest BCUT2D eigenvalue weighted by atomic mass is 9.90. The zero-order chi connectivity index (χ0) is 19.0. The maximum Gasteiger partial charge on any atom is 0.287 e. The number of para-hydroxylation sites is 1. The Hall–Kier alpha value is -2.21. The van der Waals surface area contributed by atoms with Crippen LogP contribution in [0.4, 0.5) is 0 Å². The number of thioether (sulfide) groups is 1. The summed E-state index contributed by atoms with van der Waals surface area (Å²) in [6, 6.07) is 8.00. The lowest BCUT2D eigenvalue weighted by Gasteiger charge is -2.22. The molecule has 2 aliphatic rings. The fraction of sp³-hybridized carbons (Fsp3) is 0.429. The third-order valence-corrected chi connectivity index (χ3v) is 6.54. The maximum atomic E-state index is 12.7. The fourth-order valence-electron chi connectivity index (χ4n) is 4.01. The van der Waals surface area contributed by atoms with E-state index in [0.717, 1.165) is 46.1 Å². The van der Waals surface area contributed by atoms with Crippen molar-refractivity contribution in [3.05, 3.63) is 52.5 Å². The summed E-state index contributed by atoms with van der Waals surface area (Å²) in [7, 11) is 1.66. The van der Waals surface area contributed by atoms with Gasteiger partial charge in [-0.15, -0.1) is 11.8 Å². The molecule has 2 atom stereocenters. The van der Waals surface area contributed by atoms with E-state index in [1.165, 1.54) is 0 Å².